The van der Waals surface area contributed by atoms with E-state index in [1.807, 2.05) is 6.92 Å². The lowest BCUT2D eigenvalue weighted by Gasteiger charge is -2.20. The zero-order valence-electron chi connectivity index (χ0n) is 12.3. The Labute approximate surface area is 119 Å². The molecule has 0 saturated carbocycles. The third-order valence-electron chi connectivity index (χ3n) is 2.91. The molecule has 0 rings (SSSR count). The average Bonchev–Trinajstić information content (AvgIpc) is 2.40. The summed E-state index contributed by atoms with van der Waals surface area (Å²) in [5, 5.41) is 14.0. The predicted molar refractivity (Wildman–Crippen MR) is 73.3 cm³/mol. The van der Waals surface area contributed by atoms with Crippen LogP contribution in [-0.4, -0.2) is 42.3 Å². The van der Waals surface area contributed by atoms with Crippen LogP contribution in [0.5, 0.6) is 0 Å². The van der Waals surface area contributed by atoms with Gasteiger partial charge in [-0.3, -0.25) is 4.79 Å². The number of hydrogen-bond acceptors (Lipinski definition) is 4. The molecule has 0 aromatic carbocycles. The number of hydrogen-bond donors (Lipinski definition) is 3. The lowest BCUT2D eigenvalue weighted by atomic mass is 9.99. The Morgan fingerprint density at radius 1 is 1.25 bits per heavy atom. The number of nitrogens with one attached hydrogen (secondary N) is 2. The van der Waals surface area contributed by atoms with Crippen molar-refractivity contribution in [1.82, 2.24) is 10.6 Å². The highest BCUT2D eigenvalue weighted by Crippen LogP contribution is 2.07. The first-order chi connectivity index (χ1) is 9.42. The quantitative estimate of drug-likeness (QED) is 0.436. The first-order valence-corrected chi connectivity index (χ1v) is 6.85. The zero-order valence-corrected chi connectivity index (χ0v) is 12.3. The summed E-state index contributed by atoms with van der Waals surface area (Å²) < 4.78 is 4.75. The van der Waals surface area contributed by atoms with Crippen LogP contribution in [0.25, 0.3) is 0 Å². The first kappa shape index (κ1) is 18.2. The van der Waals surface area contributed by atoms with Gasteiger partial charge in [-0.2, -0.15) is 0 Å². The third kappa shape index (κ3) is 7.60. The first-order valence-electron chi connectivity index (χ1n) is 6.85. The van der Waals surface area contributed by atoms with E-state index >= 15 is 0 Å². The Morgan fingerprint density at radius 2 is 1.90 bits per heavy atom. The van der Waals surface area contributed by atoms with Gasteiger partial charge in [-0.1, -0.05) is 20.3 Å². The van der Waals surface area contributed by atoms with Crippen molar-refractivity contribution in [2.45, 2.75) is 46.1 Å². The van der Waals surface area contributed by atoms with Crippen molar-refractivity contribution in [2.75, 3.05) is 13.2 Å². The van der Waals surface area contributed by atoms with Gasteiger partial charge in [-0.15, -0.1) is 0 Å². The van der Waals surface area contributed by atoms with E-state index in [0.717, 1.165) is 0 Å². The van der Waals surface area contributed by atoms with Gasteiger partial charge in [0.15, 0.2) is 0 Å². The number of urea groups is 1. The number of aliphatic carboxylic acids is 1. The maximum atomic E-state index is 11.5. The van der Waals surface area contributed by atoms with Crippen LogP contribution in [0.4, 0.5) is 4.79 Å². The Bertz CT molecular complexity index is 333. The maximum Gasteiger partial charge on any atom is 0.326 e. The van der Waals surface area contributed by atoms with Crippen LogP contribution in [0.1, 0.15) is 40.0 Å². The normalized spacial score (nSPS) is 13.2. The zero-order chi connectivity index (χ0) is 15.5. The lowest BCUT2D eigenvalue weighted by molar-refractivity contribution is -0.143. The smallest absolute Gasteiger partial charge is 0.326 e. The molecule has 0 aliphatic rings. The Balaban J connectivity index is 3.97. The number of carboxylic acid groups (broad SMARTS) is 1. The number of amides is 2. The fourth-order valence-electron chi connectivity index (χ4n) is 1.54. The molecule has 7 nitrogen and oxygen atoms in total. The second-order valence-electron chi connectivity index (χ2n) is 4.51. The molecule has 0 spiro atoms. The summed E-state index contributed by atoms with van der Waals surface area (Å²) in [7, 11) is 0. The summed E-state index contributed by atoms with van der Waals surface area (Å²) in [6, 6.07) is -1.45. The molecule has 0 aromatic heterocycles. The van der Waals surface area contributed by atoms with Crippen LogP contribution in [0.2, 0.25) is 0 Å². The van der Waals surface area contributed by atoms with Gasteiger partial charge in [0.25, 0.3) is 0 Å². The van der Waals surface area contributed by atoms with Crippen molar-refractivity contribution in [3.63, 3.8) is 0 Å². The molecule has 0 saturated heterocycles. The molecule has 0 fully saturated rings. The van der Waals surface area contributed by atoms with E-state index < -0.39 is 18.0 Å². The number of esters is 1. The molecule has 0 unspecified atom stereocenters. The number of carboxylic acids is 1. The summed E-state index contributed by atoms with van der Waals surface area (Å²) in [6.07, 6.45) is 1.33. The molecule has 116 valence electrons. The molecule has 0 aromatic rings. The molecule has 20 heavy (non-hydrogen) atoms. The summed E-state index contributed by atoms with van der Waals surface area (Å²) in [5.41, 5.74) is 0. The van der Waals surface area contributed by atoms with Gasteiger partial charge in [-0.05, 0) is 19.3 Å². The van der Waals surface area contributed by atoms with Gasteiger partial charge < -0.3 is 20.5 Å². The Kier molecular flexibility index (Phi) is 9.15. The molecule has 0 aliphatic heterocycles. The van der Waals surface area contributed by atoms with Crippen LogP contribution < -0.4 is 10.6 Å². The molecule has 0 heterocycles. The van der Waals surface area contributed by atoms with Gasteiger partial charge in [0.05, 0.1) is 6.61 Å². The topological polar surface area (TPSA) is 105 Å². The van der Waals surface area contributed by atoms with Crippen molar-refractivity contribution in [3.8, 4) is 0 Å². The highest BCUT2D eigenvalue weighted by Gasteiger charge is 2.24. The number of ether oxygens (including phenoxy) is 1. The minimum Gasteiger partial charge on any atom is -0.480 e. The van der Waals surface area contributed by atoms with Crippen molar-refractivity contribution in [2.24, 2.45) is 5.92 Å². The second-order valence-corrected chi connectivity index (χ2v) is 4.51. The van der Waals surface area contributed by atoms with Crippen molar-refractivity contribution in [3.05, 3.63) is 0 Å². The van der Waals surface area contributed by atoms with Crippen molar-refractivity contribution < 1.29 is 24.2 Å². The van der Waals surface area contributed by atoms with Gasteiger partial charge in [0, 0.05) is 13.0 Å². The van der Waals surface area contributed by atoms with E-state index in [1.54, 1.807) is 13.8 Å². The van der Waals surface area contributed by atoms with Crippen LogP contribution >= 0.6 is 0 Å². The molecular formula is C13H24N2O5. The van der Waals surface area contributed by atoms with E-state index in [4.69, 9.17) is 9.84 Å². The van der Waals surface area contributed by atoms with Gasteiger partial charge in [0.1, 0.15) is 6.04 Å². The van der Waals surface area contributed by atoms with Gasteiger partial charge in [-0.25, -0.2) is 9.59 Å². The highest BCUT2D eigenvalue weighted by atomic mass is 16.5. The van der Waals surface area contributed by atoms with Crippen LogP contribution in [0, 0.1) is 5.92 Å². The number of rotatable bonds is 9. The summed E-state index contributed by atoms with van der Waals surface area (Å²) >= 11 is 0. The van der Waals surface area contributed by atoms with Crippen LogP contribution in [0.3, 0.4) is 0 Å². The Morgan fingerprint density at radius 3 is 2.40 bits per heavy atom. The highest BCUT2D eigenvalue weighted by molar-refractivity contribution is 5.82. The van der Waals surface area contributed by atoms with Crippen LogP contribution in [0.15, 0.2) is 0 Å². The molecule has 0 aliphatic carbocycles. The maximum absolute atomic E-state index is 11.5. The van der Waals surface area contributed by atoms with E-state index in [9.17, 15) is 14.4 Å². The fourth-order valence-corrected chi connectivity index (χ4v) is 1.54. The summed E-state index contributed by atoms with van der Waals surface area (Å²) in [4.78, 5) is 33.6. The molecule has 0 radical (unpaired) electrons. The van der Waals surface area contributed by atoms with Crippen LogP contribution in [-0.2, 0) is 14.3 Å². The van der Waals surface area contributed by atoms with Gasteiger partial charge in [0.2, 0.25) is 0 Å². The predicted octanol–water partition coefficient (Wildman–Crippen LogP) is 1.13. The standard InChI is InChI=1S/C13H24N2O5/c1-4-9(3)11(12(17)18)15-13(19)14-8-6-7-10(16)20-5-2/h9,11H,4-8H2,1-3H3,(H,17,18)(H2,14,15,19)/t9-,11-/m0/s1. The average molecular weight is 288 g/mol. The third-order valence-corrected chi connectivity index (χ3v) is 2.91. The van der Waals surface area contributed by atoms with E-state index in [1.165, 1.54) is 0 Å². The number of carbonyl (C=O) groups excluding carboxylic acids is 2. The van der Waals surface area contributed by atoms with Crippen molar-refractivity contribution >= 4 is 18.0 Å². The molecule has 0 bridgehead atoms. The molecular weight excluding hydrogens is 264 g/mol. The van der Waals surface area contributed by atoms with E-state index in [0.29, 0.717) is 19.4 Å². The SMILES string of the molecule is CCOC(=O)CCCNC(=O)N[C@H](C(=O)O)[C@@H](C)CC. The van der Waals surface area contributed by atoms with Gasteiger partial charge >= 0.3 is 18.0 Å². The monoisotopic (exact) mass is 288 g/mol. The molecule has 2 atom stereocenters. The largest absolute Gasteiger partial charge is 0.480 e. The Hall–Kier alpha value is -1.79. The van der Waals surface area contributed by atoms with E-state index in [2.05, 4.69) is 10.6 Å². The second kappa shape index (κ2) is 10.1. The molecule has 2 amide bonds. The summed E-state index contributed by atoms with van der Waals surface area (Å²) in [5.74, 6) is -1.52. The summed E-state index contributed by atoms with van der Waals surface area (Å²) in [6.45, 7) is 5.98. The van der Waals surface area contributed by atoms with Crippen molar-refractivity contribution in [1.29, 1.82) is 0 Å². The minimum absolute atomic E-state index is 0.155. The molecule has 7 heteroatoms. The number of carbonyl (C=O) groups is 3. The minimum atomic E-state index is -1.05. The molecule has 3 N–H and O–H groups in total. The fraction of sp³-hybridized carbons (Fsp3) is 0.769. The van der Waals surface area contributed by atoms with E-state index in [-0.39, 0.29) is 24.9 Å². The lowest BCUT2D eigenvalue weighted by Crippen LogP contribution is -2.49.